The number of phenolic OH excluding ortho intramolecular Hbond substituents is 1. The SMILES string of the molecule is CC1(C)CC(N2CCCC2(C)C)c2ccc(O)cc2O1. The summed E-state index contributed by atoms with van der Waals surface area (Å²) in [4.78, 5) is 2.62. The molecule has 1 aromatic rings. The van der Waals surface area contributed by atoms with E-state index in [0.29, 0.717) is 6.04 Å². The maximum atomic E-state index is 9.72. The highest BCUT2D eigenvalue weighted by Gasteiger charge is 2.43. The van der Waals surface area contributed by atoms with Gasteiger partial charge in [0, 0.05) is 29.6 Å². The summed E-state index contributed by atoms with van der Waals surface area (Å²) in [7, 11) is 0. The van der Waals surface area contributed by atoms with E-state index < -0.39 is 0 Å². The van der Waals surface area contributed by atoms with Crippen molar-refractivity contribution < 1.29 is 9.84 Å². The van der Waals surface area contributed by atoms with E-state index in [4.69, 9.17) is 4.74 Å². The lowest BCUT2D eigenvalue weighted by molar-refractivity contribution is 0.00907. The molecule has 1 saturated heterocycles. The van der Waals surface area contributed by atoms with Gasteiger partial charge in [-0.25, -0.2) is 0 Å². The minimum Gasteiger partial charge on any atom is -0.508 e. The lowest BCUT2D eigenvalue weighted by Crippen LogP contribution is -2.46. The second-order valence-electron chi connectivity index (χ2n) is 7.41. The van der Waals surface area contributed by atoms with Gasteiger partial charge < -0.3 is 9.84 Å². The number of likely N-dealkylation sites (tertiary alicyclic amines) is 1. The number of benzene rings is 1. The Balaban J connectivity index is 2.03. The van der Waals surface area contributed by atoms with E-state index in [-0.39, 0.29) is 16.9 Å². The average molecular weight is 275 g/mol. The number of ether oxygens (including phenoxy) is 1. The van der Waals surface area contributed by atoms with Gasteiger partial charge in [-0.05, 0) is 53.1 Å². The first kappa shape index (κ1) is 13.7. The Kier molecular flexibility index (Phi) is 3.02. The minimum atomic E-state index is -0.190. The zero-order valence-corrected chi connectivity index (χ0v) is 12.9. The number of fused-ring (bicyclic) bond motifs is 1. The maximum Gasteiger partial charge on any atom is 0.128 e. The van der Waals surface area contributed by atoms with Gasteiger partial charge in [0.05, 0.1) is 0 Å². The summed E-state index contributed by atoms with van der Waals surface area (Å²) in [6, 6.07) is 5.94. The van der Waals surface area contributed by atoms with Crippen molar-refractivity contribution in [1.82, 2.24) is 4.90 Å². The monoisotopic (exact) mass is 275 g/mol. The van der Waals surface area contributed by atoms with Gasteiger partial charge in [0.15, 0.2) is 0 Å². The Labute approximate surface area is 121 Å². The van der Waals surface area contributed by atoms with Gasteiger partial charge in [0.2, 0.25) is 0 Å². The van der Waals surface area contributed by atoms with Crippen LogP contribution < -0.4 is 4.74 Å². The first-order chi connectivity index (χ1) is 9.28. The first-order valence-corrected chi connectivity index (χ1v) is 7.57. The van der Waals surface area contributed by atoms with Crippen LogP contribution in [0, 0.1) is 0 Å². The van der Waals surface area contributed by atoms with Crippen LogP contribution in [0.2, 0.25) is 0 Å². The lowest BCUT2D eigenvalue weighted by atomic mass is 9.86. The van der Waals surface area contributed by atoms with Crippen LogP contribution in [0.5, 0.6) is 11.5 Å². The van der Waals surface area contributed by atoms with Crippen LogP contribution in [0.1, 0.15) is 58.6 Å². The molecule has 20 heavy (non-hydrogen) atoms. The number of aromatic hydroxyl groups is 1. The Morgan fingerprint density at radius 1 is 1.25 bits per heavy atom. The van der Waals surface area contributed by atoms with E-state index in [1.54, 1.807) is 12.1 Å². The first-order valence-electron chi connectivity index (χ1n) is 7.57. The fourth-order valence-corrected chi connectivity index (χ4v) is 3.79. The number of rotatable bonds is 1. The third kappa shape index (κ3) is 2.28. The summed E-state index contributed by atoms with van der Waals surface area (Å²) in [6.45, 7) is 10.1. The van der Waals surface area contributed by atoms with Crippen molar-refractivity contribution >= 4 is 0 Å². The van der Waals surface area contributed by atoms with Gasteiger partial charge in [-0.3, -0.25) is 4.90 Å². The van der Waals surface area contributed by atoms with E-state index in [1.165, 1.54) is 18.4 Å². The van der Waals surface area contributed by atoms with Gasteiger partial charge in [-0.1, -0.05) is 6.07 Å². The summed E-state index contributed by atoms with van der Waals surface area (Å²) in [5.74, 6) is 1.12. The molecule has 0 spiro atoms. The highest BCUT2D eigenvalue weighted by molar-refractivity contribution is 5.44. The van der Waals surface area contributed by atoms with Crippen LogP contribution in [0.15, 0.2) is 18.2 Å². The zero-order valence-electron chi connectivity index (χ0n) is 12.9. The van der Waals surface area contributed by atoms with Gasteiger partial charge in [-0.15, -0.1) is 0 Å². The molecule has 110 valence electrons. The summed E-state index contributed by atoms with van der Waals surface area (Å²) in [5.41, 5.74) is 1.27. The fraction of sp³-hybridized carbons (Fsp3) is 0.647. The van der Waals surface area contributed by atoms with Crippen molar-refractivity contribution in [2.75, 3.05) is 6.54 Å². The molecule has 0 radical (unpaired) electrons. The molecule has 2 aliphatic rings. The van der Waals surface area contributed by atoms with Crippen LogP contribution >= 0.6 is 0 Å². The maximum absolute atomic E-state index is 9.72. The van der Waals surface area contributed by atoms with E-state index in [1.807, 2.05) is 6.07 Å². The smallest absolute Gasteiger partial charge is 0.128 e. The molecular formula is C17H25NO2. The van der Waals surface area contributed by atoms with E-state index in [9.17, 15) is 5.11 Å². The molecular weight excluding hydrogens is 250 g/mol. The molecule has 0 bridgehead atoms. The lowest BCUT2D eigenvalue weighted by Gasteiger charge is -2.45. The Bertz CT molecular complexity index is 522. The van der Waals surface area contributed by atoms with Gasteiger partial charge in [0.25, 0.3) is 0 Å². The number of nitrogens with zero attached hydrogens (tertiary/aromatic N) is 1. The largest absolute Gasteiger partial charge is 0.508 e. The molecule has 3 rings (SSSR count). The Hall–Kier alpha value is -1.22. The van der Waals surface area contributed by atoms with E-state index >= 15 is 0 Å². The third-order valence-electron chi connectivity index (χ3n) is 4.77. The summed E-state index contributed by atoms with van der Waals surface area (Å²) in [5, 5.41) is 9.72. The summed E-state index contributed by atoms with van der Waals surface area (Å²) in [6.07, 6.45) is 3.50. The molecule has 1 N–H and O–H groups in total. The van der Waals surface area contributed by atoms with Crippen molar-refractivity contribution in [3.8, 4) is 11.5 Å². The predicted octanol–water partition coefficient (Wildman–Crippen LogP) is 3.87. The van der Waals surface area contributed by atoms with Gasteiger partial charge in [0.1, 0.15) is 17.1 Å². The second-order valence-corrected chi connectivity index (χ2v) is 7.41. The molecule has 1 unspecified atom stereocenters. The quantitative estimate of drug-likeness (QED) is 0.844. The highest BCUT2D eigenvalue weighted by Crippen LogP contribution is 2.47. The molecule has 1 fully saturated rings. The van der Waals surface area contributed by atoms with Crippen LogP contribution in [-0.4, -0.2) is 27.7 Å². The molecule has 3 nitrogen and oxygen atoms in total. The zero-order chi connectivity index (χ0) is 14.5. The Morgan fingerprint density at radius 3 is 2.65 bits per heavy atom. The fourth-order valence-electron chi connectivity index (χ4n) is 3.79. The molecule has 2 aliphatic heterocycles. The van der Waals surface area contributed by atoms with Crippen molar-refractivity contribution in [3.63, 3.8) is 0 Å². The molecule has 3 heteroatoms. The minimum absolute atomic E-state index is 0.190. The van der Waals surface area contributed by atoms with Gasteiger partial charge in [-0.2, -0.15) is 0 Å². The van der Waals surface area contributed by atoms with Crippen LogP contribution in [0.25, 0.3) is 0 Å². The molecule has 0 saturated carbocycles. The van der Waals surface area contributed by atoms with Crippen molar-refractivity contribution in [1.29, 1.82) is 0 Å². The molecule has 0 amide bonds. The van der Waals surface area contributed by atoms with Crippen molar-refractivity contribution in [2.45, 2.75) is 64.1 Å². The molecule has 2 heterocycles. The van der Waals surface area contributed by atoms with E-state index in [0.717, 1.165) is 18.7 Å². The number of hydrogen-bond acceptors (Lipinski definition) is 3. The Morgan fingerprint density at radius 2 is 2.00 bits per heavy atom. The standard InChI is InChI=1S/C17H25NO2/c1-16(2)8-5-9-18(16)14-11-17(3,4)20-15-10-12(19)6-7-13(14)15/h6-7,10,14,19H,5,8-9,11H2,1-4H3. The highest BCUT2D eigenvalue weighted by atomic mass is 16.5. The normalized spacial score (nSPS) is 27.9. The average Bonchev–Trinajstić information content (AvgIpc) is 2.66. The van der Waals surface area contributed by atoms with E-state index in [2.05, 4.69) is 32.6 Å². The van der Waals surface area contributed by atoms with Crippen LogP contribution in [0.3, 0.4) is 0 Å². The van der Waals surface area contributed by atoms with Crippen molar-refractivity contribution in [2.24, 2.45) is 0 Å². The number of phenols is 1. The molecule has 0 aliphatic carbocycles. The van der Waals surface area contributed by atoms with Gasteiger partial charge >= 0.3 is 0 Å². The molecule has 1 atom stereocenters. The number of hydrogen-bond donors (Lipinski definition) is 1. The summed E-state index contributed by atoms with van der Waals surface area (Å²) >= 11 is 0. The third-order valence-corrected chi connectivity index (χ3v) is 4.77. The molecule has 0 aromatic heterocycles. The van der Waals surface area contributed by atoms with Crippen LogP contribution in [-0.2, 0) is 0 Å². The van der Waals surface area contributed by atoms with Crippen LogP contribution in [0.4, 0.5) is 0 Å². The second kappa shape index (κ2) is 4.39. The predicted molar refractivity (Wildman–Crippen MR) is 80.2 cm³/mol. The molecule has 1 aromatic carbocycles. The topological polar surface area (TPSA) is 32.7 Å². The summed E-state index contributed by atoms with van der Waals surface area (Å²) < 4.78 is 6.07. The van der Waals surface area contributed by atoms with Crippen molar-refractivity contribution in [3.05, 3.63) is 23.8 Å².